The highest BCUT2D eigenvalue weighted by molar-refractivity contribution is 8.00. The van der Waals surface area contributed by atoms with Gasteiger partial charge < -0.3 is 20.8 Å². The topological polar surface area (TPSA) is 216 Å². The minimum atomic E-state index is -1.28. The molecule has 0 aliphatic heterocycles. The number of thioether (sulfide) groups is 2. The molecule has 194 valence electrons. The molecule has 14 nitrogen and oxygen atoms in total. The van der Waals surface area contributed by atoms with Gasteiger partial charge in [-0.2, -0.15) is 20.6 Å². The summed E-state index contributed by atoms with van der Waals surface area (Å²) in [5.41, 5.74) is 0.611. The van der Waals surface area contributed by atoms with Crippen molar-refractivity contribution in [1.29, 1.82) is 0 Å². The van der Waals surface area contributed by atoms with Crippen molar-refractivity contribution in [1.82, 2.24) is 30.8 Å². The van der Waals surface area contributed by atoms with Crippen LogP contribution in [-0.4, -0.2) is 76.3 Å². The number of H-pyrrole nitrogens is 2. The molecule has 0 bridgehead atoms. The lowest BCUT2D eigenvalue weighted by Crippen LogP contribution is -2.17. The van der Waals surface area contributed by atoms with Crippen LogP contribution in [0.25, 0.3) is 11.1 Å². The molecule has 16 heteroatoms. The Kier molecular flexibility index (Phi) is 8.34. The number of nitrogens with zero attached hydrogens (tertiary/aromatic N) is 4. The molecule has 0 saturated heterocycles. The lowest BCUT2D eigenvalue weighted by atomic mass is 9.99. The van der Waals surface area contributed by atoms with Crippen molar-refractivity contribution in [2.75, 3.05) is 22.1 Å². The number of amides is 2. The lowest BCUT2D eigenvalue weighted by Gasteiger charge is -2.13. The van der Waals surface area contributed by atoms with Crippen LogP contribution in [0.15, 0.2) is 58.8 Å². The van der Waals surface area contributed by atoms with Gasteiger partial charge in [-0.25, -0.2) is 9.59 Å². The van der Waals surface area contributed by atoms with Gasteiger partial charge in [0.05, 0.1) is 46.4 Å². The minimum Gasteiger partial charge on any atom is -0.478 e. The van der Waals surface area contributed by atoms with Crippen molar-refractivity contribution in [3.63, 3.8) is 0 Å². The Morgan fingerprint density at radius 1 is 0.711 bits per heavy atom. The summed E-state index contributed by atoms with van der Waals surface area (Å²) in [6, 6.07) is 8.62. The fourth-order valence-electron chi connectivity index (χ4n) is 3.19. The van der Waals surface area contributed by atoms with E-state index >= 15 is 0 Å². The number of hydrogen-bond donors (Lipinski definition) is 6. The highest BCUT2D eigenvalue weighted by Crippen LogP contribution is 2.29. The van der Waals surface area contributed by atoms with Gasteiger partial charge in [-0.15, -0.1) is 10.2 Å². The third-order valence-electron chi connectivity index (χ3n) is 4.87. The minimum absolute atomic E-state index is 0.0143. The molecule has 4 rings (SSSR count). The molecule has 0 radical (unpaired) electrons. The number of anilines is 2. The van der Waals surface area contributed by atoms with Crippen LogP contribution in [0.3, 0.4) is 0 Å². The molecule has 6 N–H and O–H groups in total. The Morgan fingerprint density at radius 2 is 1.13 bits per heavy atom. The molecule has 0 aliphatic carbocycles. The molecule has 0 saturated carbocycles. The Balaban J connectivity index is 1.50. The maximum atomic E-state index is 12.3. The van der Waals surface area contributed by atoms with E-state index in [1.807, 2.05) is 0 Å². The monoisotopic (exact) mass is 554 g/mol. The molecule has 0 unspecified atom stereocenters. The van der Waals surface area contributed by atoms with E-state index in [0.717, 1.165) is 23.5 Å². The average molecular weight is 555 g/mol. The first-order valence-corrected chi connectivity index (χ1v) is 12.6. The molecule has 38 heavy (non-hydrogen) atoms. The molecule has 0 atom stereocenters. The number of carboxylic acids is 2. The van der Waals surface area contributed by atoms with Gasteiger partial charge in [0.2, 0.25) is 11.8 Å². The van der Waals surface area contributed by atoms with E-state index in [1.165, 1.54) is 36.7 Å². The van der Waals surface area contributed by atoms with Gasteiger partial charge in [-0.1, -0.05) is 35.7 Å². The van der Waals surface area contributed by atoms with Gasteiger partial charge in [-0.05, 0) is 35.4 Å². The quantitative estimate of drug-likeness (QED) is 0.147. The second kappa shape index (κ2) is 12.0. The van der Waals surface area contributed by atoms with Crippen molar-refractivity contribution in [3.05, 3.63) is 59.9 Å². The lowest BCUT2D eigenvalue weighted by molar-refractivity contribution is -0.114. The van der Waals surface area contributed by atoms with Crippen LogP contribution in [0.1, 0.15) is 20.7 Å². The number of aromatic nitrogens is 6. The van der Waals surface area contributed by atoms with Crippen LogP contribution >= 0.6 is 23.5 Å². The molecule has 2 aromatic heterocycles. The van der Waals surface area contributed by atoms with Crippen LogP contribution in [0.5, 0.6) is 0 Å². The molecule has 4 aromatic rings. The summed E-state index contributed by atoms with van der Waals surface area (Å²) in [5, 5.41) is 45.4. The molecule has 0 fully saturated rings. The van der Waals surface area contributed by atoms with E-state index in [9.17, 15) is 29.4 Å². The average Bonchev–Trinajstić information content (AvgIpc) is 3.61. The fourth-order valence-corrected chi connectivity index (χ4v) is 4.36. The van der Waals surface area contributed by atoms with Crippen LogP contribution in [0.4, 0.5) is 11.4 Å². The van der Waals surface area contributed by atoms with Gasteiger partial charge in [0.25, 0.3) is 0 Å². The third kappa shape index (κ3) is 6.74. The second-order valence-electron chi connectivity index (χ2n) is 7.42. The van der Waals surface area contributed by atoms with Crippen LogP contribution in [0.2, 0.25) is 0 Å². The zero-order valence-electron chi connectivity index (χ0n) is 19.2. The van der Waals surface area contributed by atoms with Crippen molar-refractivity contribution in [2.45, 2.75) is 10.1 Å². The van der Waals surface area contributed by atoms with Crippen LogP contribution in [0, 0.1) is 0 Å². The molecular weight excluding hydrogens is 536 g/mol. The number of carboxylic acid groups (broad SMARTS) is 2. The van der Waals surface area contributed by atoms with Gasteiger partial charge >= 0.3 is 11.9 Å². The molecule has 2 amide bonds. The number of nitrogens with one attached hydrogen (secondary N) is 4. The van der Waals surface area contributed by atoms with E-state index in [2.05, 4.69) is 41.5 Å². The van der Waals surface area contributed by atoms with Gasteiger partial charge in [0, 0.05) is 0 Å². The number of hydrogen-bond acceptors (Lipinski definition) is 10. The molecule has 0 spiro atoms. The number of carbonyl (C=O) groups is 4. The third-order valence-corrected chi connectivity index (χ3v) is 6.67. The van der Waals surface area contributed by atoms with Crippen molar-refractivity contribution < 1.29 is 29.4 Å². The first kappa shape index (κ1) is 26.4. The second-order valence-corrected chi connectivity index (χ2v) is 9.41. The maximum absolute atomic E-state index is 12.3. The predicted molar refractivity (Wildman–Crippen MR) is 137 cm³/mol. The SMILES string of the molecule is O=C(CSc1cn[nH]n1)Nc1ccc(-c2ccc(NC(=O)CSc3cn[nH]n3)c(C(=O)O)c2)cc1C(=O)O. The van der Waals surface area contributed by atoms with E-state index in [0.29, 0.717) is 21.2 Å². The number of aromatic amines is 2. The first-order valence-electron chi connectivity index (χ1n) is 10.6. The molecule has 0 aliphatic rings. The standard InChI is InChI=1S/C22H18N8O6S2/c31-17(9-37-19-7-23-29-27-19)25-15-3-1-11(5-13(15)21(33)34)12-2-4-16(14(6-12)22(35)36)26-18(32)10-38-20-8-24-30-28-20/h1-8H,9-10H2,(H,25,31)(H,26,32)(H,33,34)(H,35,36)(H,23,27,29)(H,24,28,30). The number of aromatic carboxylic acids is 2. The maximum Gasteiger partial charge on any atom is 0.337 e. The Hall–Kier alpha value is -4.70. The number of rotatable bonds is 11. The molecular formula is C22H18N8O6S2. The number of carbonyl (C=O) groups excluding carboxylic acids is 2. The summed E-state index contributed by atoms with van der Waals surface area (Å²) in [7, 11) is 0. The van der Waals surface area contributed by atoms with E-state index in [4.69, 9.17) is 0 Å². The van der Waals surface area contributed by atoms with E-state index < -0.39 is 23.8 Å². The highest BCUT2D eigenvalue weighted by atomic mass is 32.2. The van der Waals surface area contributed by atoms with Crippen molar-refractivity contribution in [3.8, 4) is 11.1 Å². The zero-order chi connectivity index (χ0) is 27.1. The first-order chi connectivity index (χ1) is 18.3. The van der Waals surface area contributed by atoms with E-state index in [-0.39, 0.29) is 34.0 Å². The predicted octanol–water partition coefficient (Wildman–Crippen LogP) is 2.45. The molecule has 2 heterocycles. The Bertz CT molecular complexity index is 1370. The Morgan fingerprint density at radius 3 is 1.47 bits per heavy atom. The van der Waals surface area contributed by atoms with Crippen LogP contribution in [-0.2, 0) is 9.59 Å². The van der Waals surface area contributed by atoms with Gasteiger partial charge in [0.15, 0.2) is 0 Å². The summed E-state index contributed by atoms with van der Waals surface area (Å²) in [6.07, 6.45) is 2.91. The smallest absolute Gasteiger partial charge is 0.337 e. The largest absolute Gasteiger partial charge is 0.478 e. The van der Waals surface area contributed by atoms with E-state index in [1.54, 1.807) is 12.1 Å². The fraction of sp³-hybridized carbons (Fsp3) is 0.0909. The van der Waals surface area contributed by atoms with Gasteiger partial charge in [0.1, 0.15) is 10.1 Å². The van der Waals surface area contributed by atoms with Gasteiger partial charge in [-0.3, -0.25) is 9.59 Å². The molecule has 2 aromatic carbocycles. The van der Waals surface area contributed by atoms with Crippen molar-refractivity contribution in [2.24, 2.45) is 0 Å². The Labute approximate surface area is 222 Å². The highest BCUT2D eigenvalue weighted by Gasteiger charge is 2.18. The number of benzene rings is 2. The summed E-state index contributed by atoms with van der Waals surface area (Å²) in [6.45, 7) is 0. The summed E-state index contributed by atoms with van der Waals surface area (Å²) in [5.74, 6) is -3.47. The van der Waals surface area contributed by atoms with Crippen LogP contribution < -0.4 is 10.6 Å². The summed E-state index contributed by atoms with van der Waals surface area (Å²) < 4.78 is 0. The summed E-state index contributed by atoms with van der Waals surface area (Å²) >= 11 is 2.24. The van der Waals surface area contributed by atoms with Crippen molar-refractivity contribution >= 4 is 58.7 Å². The normalized spacial score (nSPS) is 10.6. The zero-order valence-corrected chi connectivity index (χ0v) is 20.8. The summed E-state index contributed by atoms with van der Waals surface area (Å²) in [4.78, 5) is 48.4.